The van der Waals surface area contributed by atoms with E-state index in [-0.39, 0.29) is 35.7 Å². The van der Waals surface area contributed by atoms with Crippen molar-refractivity contribution in [3.8, 4) is 0 Å². The first kappa shape index (κ1) is 19.5. The molecule has 2 aromatic carbocycles. The Labute approximate surface area is 172 Å². The Morgan fingerprint density at radius 2 is 1.83 bits per heavy atom. The van der Waals surface area contributed by atoms with Gasteiger partial charge in [0.05, 0.1) is 12.1 Å². The Kier molecular flexibility index (Phi) is 4.10. The third-order valence-corrected chi connectivity index (χ3v) is 7.00. The lowest BCUT2D eigenvalue weighted by atomic mass is 9.74. The summed E-state index contributed by atoms with van der Waals surface area (Å²) in [5.74, 6) is -0.419. The van der Waals surface area contributed by atoms with Gasteiger partial charge in [-0.05, 0) is 61.6 Å². The molecular weight excluding hydrogens is 396 g/mol. The molecule has 2 saturated carbocycles. The van der Waals surface area contributed by atoms with Crippen molar-refractivity contribution in [1.82, 2.24) is 5.32 Å². The zero-order chi connectivity index (χ0) is 21.3. The summed E-state index contributed by atoms with van der Waals surface area (Å²) in [6, 6.07) is 11.5. The Morgan fingerprint density at radius 3 is 2.43 bits per heavy atom. The second-order valence-corrected chi connectivity index (χ2v) is 9.03. The Hall–Kier alpha value is -2.41. The molecule has 2 aromatic rings. The number of alkyl halides is 4. The van der Waals surface area contributed by atoms with Crippen LogP contribution >= 0.6 is 0 Å². The first-order valence-corrected chi connectivity index (χ1v) is 10.1. The molecule has 0 aromatic heterocycles. The van der Waals surface area contributed by atoms with Gasteiger partial charge in [-0.15, -0.1) is 0 Å². The highest BCUT2D eigenvalue weighted by Crippen LogP contribution is 2.69. The molecule has 1 unspecified atom stereocenters. The molecule has 2 aliphatic carbocycles. The molecule has 3 aliphatic rings. The minimum absolute atomic E-state index is 0.0221. The number of rotatable bonds is 4. The van der Waals surface area contributed by atoms with E-state index in [4.69, 9.17) is 0 Å². The summed E-state index contributed by atoms with van der Waals surface area (Å²) in [5, 5.41) is 3.24. The molecule has 1 amide bonds. The van der Waals surface area contributed by atoms with E-state index in [1.54, 1.807) is 43.3 Å². The molecule has 5 rings (SSSR count). The van der Waals surface area contributed by atoms with Crippen LogP contribution in [-0.2, 0) is 19.3 Å². The average molecular weight is 418 g/mol. The smallest absolute Gasteiger partial charge is 0.310 e. The van der Waals surface area contributed by atoms with Gasteiger partial charge in [-0.1, -0.05) is 18.2 Å². The van der Waals surface area contributed by atoms with Gasteiger partial charge < -0.3 is 10.2 Å². The number of nitrogens with zero attached hydrogens (tertiary/aromatic N) is 1. The molecule has 0 radical (unpaired) electrons. The lowest BCUT2D eigenvalue weighted by Gasteiger charge is -2.38. The number of anilines is 1. The molecule has 158 valence electrons. The third-order valence-electron chi connectivity index (χ3n) is 7.00. The van der Waals surface area contributed by atoms with E-state index in [0.29, 0.717) is 30.5 Å². The molecule has 1 heterocycles. The first-order chi connectivity index (χ1) is 14.1. The fourth-order valence-electron chi connectivity index (χ4n) is 5.09. The van der Waals surface area contributed by atoms with Crippen LogP contribution in [0.25, 0.3) is 0 Å². The van der Waals surface area contributed by atoms with Crippen molar-refractivity contribution in [3.05, 3.63) is 64.7 Å². The average Bonchev–Trinajstić information content (AvgIpc) is 3.09. The molecule has 0 saturated heterocycles. The van der Waals surface area contributed by atoms with Crippen LogP contribution < -0.4 is 10.2 Å². The van der Waals surface area contributed by atoms with Gasteiger partial charge in [-0.3, -0.25) is 4.79 Å². The van der Waals surface area contributed by atoms with Crippen LogP contribution in [0.3, 0.4) is 0 Å². The maximum absolute atomic E-state index is 14.0. The zero-order valence-electron chi connectivity index (χ0n) is 16.5. The number of hydrogen-bond donors (Lipinski definition) is 1. The first-order valence-electron chi connectivity index (χ1n) is 10.1. The summed E-state index contributed by atoms with van der Waals surface area (Å²) >= 11 is 0. The van der Waals surface area contributed by atoms with E-state index in [0.717, 1.165) is 6.07 Å². The van der Waals surface area contributed by atoms with Crippen molar-refractivity contribution < 1.29 is 22.4 Å². The van der Waals surface area contributed by atoms with Gasteiger partial charge in [0, 0.05) is 29.3 Å². The second kappa shape index (κ2) is 6.30. The molecule has 2 fully saturated rings. The topological polar surface area (TPSA) is 32.3 Å². The van der Waals surface area contributed by atoms with Crippen LogP contribution in [0.1, 0.15) is 53.2 Å². The number of hydrogen-bond acceptors (Lipinski definition) is 2. The van der Waals surface area contributed by atoms with Gasteiger partial charge in [0.25, 0.3) is 5.91 Å². The number of benzene rings is 2. The highest BCUT2D eigenvalue weighted by molar-refractivity contribution is 6.10. The number of nitrogens with one attached hydrogen (secondary N) is 1. The lowest BCUT2D eigenvalue weighted by Crippen LogP contribution is -2.44. The van der Waals surface area contributed by atoms with Crippen LogP contribution in [0.2, 0.25) is 0 Å². The van der Waals surface area contributed by atoms with Gasteiger partial charge in [0.15, 0.2) is 0 Å². The number of halogens is 4. The Morgan fingerprint density at radius 1 is 1.17 bits per heavy atom. The van der Waals surface area contributed by atoms with Crippen molar-refractivity contribution in [3.63, 3.8) is 0 Å². The summed E-state index contributed by atoms with van der Waals surface area (Å²) in [5.41, 5.74) is -0.967. The standard InChI is InChI=1S/C23H22F4N2O/c1-21(24)13-22(21)9-15(10-22)28-11-14-7-17-18(19(8-14)23(25,26)27)12-29(20(17)30)16-5-3-2-4-6-16/h2-8,15,28H,9-13H2,1H3. The van der Waals surface area contributed by atoms with E-state index in [1.807, 2.05) is 0 Å². The molecule has 30 heavy (non-hydrogen) atoms. The maximum Gasteiger partial charge on any atom is 0.416 e. The van der Waals surface area contributed by atoms with Crippen molar-refractivity contribution in [2.45, 2.75) is 57.2 Å². The SMILES string of the molecule is CC1(F)CC12CC(NCc1cc3c(c(C(F)(F)F)c1)CN(c1ccccc1)C3=O)C2. The molecule has 1 spiro atoms. The van der Waals surface area contributed by atoms with E-state index < -0.39 is 23.3 Å². The molecule has 7 heteroatoms. The van der Waals surface area contributed by atoms with Crippen LogP contribution in [0, 0.1) is 5.41 Å². The van der Waals surface area contributed by atoms with Gasteiger partial charge in [0.1, 0.15) is 5.67 Å². The number of fused-ring (bicyclic) bond motifs is 1. The minimum Gasteiger partial charge on any atom is -0.310 e. The van der Waals surface area contributed by atoms with Gasteiger partial charge in [0.2, 0.25) is 0 Å². The van der Waals surface area contributed by atoms with Crippen LogP contribution in [-0.4, -0.2) is 17.6 Å². The number of carbonyl (C=O) groups excluding carboxylic acids is 1. The predicted octanol–water partition coefficient (Wildman–Crippen LogP) is 5.24. The highest BCUT2D eigenvalue weighted by Gasteiger charge is 2.70. The molecule has 1 atom stereocenters. The monoisotopic (exact) mass is 418 g/mol. The second-order valence-electron chi connectivity index (χ2n) is 9.03. The van der Waals surface area contributed by atoms with Crippen LogP contribution in [0.15, 0.2) is 42.5 Å². The van der Waals surface area contributed by atoms with E-state index >= 15 is 0 Å². The maximum atomic E-state index is 14.0. The van der Waals surface area contributed by atoms with Gasteiger partial charge >= 0.3 is 6.18 Å². The number of amides is 1. The summed E-state index contributed by atoms with van der Waals surface area (Å²) < 4.78 is 55.3. The van der Waals surface area contributed by atoms with Gasteiger partial charge in [-0.25, -0.2) is 4.39 Å². The Balaban J connectivity index is 1.38. The predicted molar refractivity (Wildman–Crippen MR) is 105 cm³/mol. The summed E-state index contributed by atoms with van der Waals surface area (Å²) in [6.07, 6.45) is -2.56. The molecule has 3 nitrogen and oxygen atoms in total. The minimum atomic E-state index is -4.54. The largest absolute Gasteiger partial charge is 0.416 e. The van der Waals surface area contributed by atoms with E-state index in [1.165, 1.54) is 4.90 Å². The van der Waals surface area contributed by atoms with Crippen LogP contribution in [0.4, 0.5) is 23.2 Å². The van der Waals surface area contributed by atoms with Gasteiger partial charge in [-0.2, -0.15) is 13.2 Å². The molecule has 1 N–H and O–H groups in total. The van der Waals surface area contributed by atoms with E-state index in [9.17, 15) is 22.4 Å². The molecular formula is C23H22F4N2O. The van der Waals surface area contributed by atoms with Crippen molar-refractivity contribution >= 4 is 11.6 Å². The zero-order valence-corrected chi connectivity index (χ0v) is 16.5. The van der Waals surface area contributed by atoms with Crippen molar-refractivity contribution in [1.29, 1.82) is 0 Å². The fraction of sp³-hybridized carbons (Fsp3) is 0.435. The Bertz CT molecular complexity index is 1010. The van der Waals surface area contributed by atoms with Crippen molar-refractivity contribution in [2.24, 2.45) is 5.41 Å². The highest BCUT2D eigenvalue weighted by atomic mass is 19.4. The third kappa shape index (κ3) is 3.02. The number of carbonyl (C=O) groups is 1. The normalized spacial score (nSPS) is 29.8. The number of para-hydroxylation sites is 1. The lowest BCUT2D eigenvalue weighted by molar-refractivity contribution is -0.138. The fourth-order valence-corrected chi connectivity index (χ4v) is 5.09. The van der Waals surface area contributed by atoms with Crippen LogP contribution in [0.5, 0.6) is 0 Å². The molecule has 1 aliphatic heterocycles. The van der Waals surface area contributed by atoms with E-state index in [2.05, 4.69) is 5.32 Å². The summed E-state index contributed by atoms with van der Waals surface area (Å²) in [6.45, 7) is 1.74. The van der Waals surface area contributed by atoms with Crippen molar-refractivity contribution in [2.75, 3.05) is 4.90 Å². The quantitative estimate of drug-likeness (QED) is 0.689. The summed E-state index contributed by atoms with van der Waals surface area (Å²) in [4.78, 5) is 14.3. The molecule has 0 bridgehead atoms. The summed E-state index contributed by atoms with van der Waals surface area (Å²) in [7, 11) is 0.